The Kier molecular flexibility index (Phi) is 4.46. The minimum absolute atomic E-state index is 0.0107. The van der Waals surface area contributed by atoms with Crippen LogP contribution in [0.2, 0.25) is 0 Å². The summed E-state index contributed by atoms with van der Waals surface area (Å²) in [6.45, 7) is 2.27. The van der Waals surface area contributed by atoms with Crippen LogP contribution in [0.3, 0.4) is 0 Å². The van der Waals surface area contributed by atoms with E-state index in [1.54, 1.807) is 18.2 Å². The van der Waals surface area contributed by atoms with Crippen molar-refractivity contribution in [2.75, 3.05) is 23.8 Å². The molecule has 4 nitrogen and oxygen atoms in total. The number of benzene rings is 1. The van der Waals surface area contributed by atoms with Gasteiger partial charge in [0.2, 0.25) is 5.91 Å². The second-order valence-electron chi connectivity index (χ2n) is 6.01. The standard InChI is InChI=1S/C18H19F2N3O/c1-11(24)22-17-6-5-13(10-21-17)14-8-12-4-3-7-23(2)16(12)9-15(14)18(19)20/h5-6,8-10,18H,3-4,7H2,1-2H3,(H,21,22,24). The van der Waals surface area contributed by atoms with Gasteiger partial charge in [-0.05, 0) is 48.2 Å². The van der Waals surface area contributed by atoms with E-state index in [-0.39, 0.29) is 11.5 Å². The summed E-state index contributed by atoms with van der Waals surface area (Å²) in [6, 6.07) is 6.77. The zero-order valence-electron chi connectivity index (χ0n) is 13.6. The predicted molar refractivity (Wildman–Crippen MR) is 90.5 cm³/mol. The van der Waals surface area contributed by atoms with Crippen LogP contribution in [-0.2, 0) is 11.2 Å². The molecule has 0 fully saturated rings. The zero-order chi connectivity index (χ0) is 17.3. The van der Waals surface area contributed by atoms with E-state index < -0.39 is 6.43 Å². The molecule has 126 valence electrons. The van der Waals surface area contributed by atoms with Crippen LogP contribution in [-0.4, -0.2) is 24.5 Å². The lowest BCUT2D eigenvalue weighted by Crippen LogP contribution is -2.25. The second kappa shape index (κ2) is 6.55. The van der Waals surface area contributed by atoms with Crippen molar-refractivity contribution in [1.29, 1.82) is 0 Å². The summed E-state index contributed by atoms with van der Waals surface area (Å²) in [5.74, 6) is 0.183. The van der Waals surface area contributed by atoms with E-state index in [1.165, 1.54) is 13.1 Å². The third-order valence-electron chi connectivity index (χ3n) is 4.22. The molecule has 0 saturated carbocycles. The van der Waals surface area contributed by atoms with E-state index in [4.69, 9.17) is 0 Å². The highest BCUT2D eigenvalue weighted by Crippen LogP contribution is 2.38. The third kappa shape index (κ3) is 3.22. The number of hydrogen-bond acceptors (Lipinski definition) is 3. The monoisotopic (exact) mass is 331 g/mol. The minimum atomic E-state index is -2.56. The number of hydrogen-bond donors (Lipinski definition) is 1. The molecule has 0 bridgehead atoms. The van der Waals surface area contributed by atoms with Crippen molar-refractivity contribution >= 4 is 17.4 Å². The molecule has 2 heterocycles. The van der Waals surface area contributed by atoms with Crippen molar-refractivity contribution in [2.45, 2.75) is 26.2 Å². The van der Waals surface area contributed by atoms with Crippen molar-refractivity contribution in [1.82, 2.24) is 4.98 Å². The van der Waals surface area contributed by atoms with E-state index in [0.717, 1.165) is 30.6 Å². The van der Waals surface area contributed by atoms with Crippen LogP contribution in [0.25, 0.3) is 11.1 Å². The number of halogens is 2. The molecule has 0 spiro atoms. The number of nitrogens with one attached hydrogen (secondary N) is 1. The molecule has 24 heavy (non-hydrogen) atoms. The van der Waals surface area contributed by atoms with Gasteiger partial charge < -0.3 is 10.2 Å². The fourth-order valence-electron chi connectivity index (χ4n) is 3.07. The van der Waals surface area contributed by atoms with Crippen LogP contribution >= 0.6 is 0 Å². The van der Waals surface area contributed by atoms with Crippen LogP contribution in [0.4, 0.5) is 20.3 Å². The Labute approximate surface area is 139 Å². The molecule has 1 aliphatic rings. The largest absolute Gasteiger partial charge is 0.374 e. The average molecular weight is 331 g/mol. The Balaban J connectivity index is 2.04. The van der Waals surface area contributed by atoms with Gasteiger partial charge in [0, 0.05) is 43.5 Å². The smallest absolute Gasteiger partial charge is 0.264 e. The summed E-state index contributed by atoms with van der Waals surface area (Å²) in [5, 5.41) is 2.57. The molecule has 0 unspecified atom stereocenters. The van der Waals surface area contributed by atoms with Crippen LogP contribution in [0.1, 0.15) is 30.9 Å². The highest BCUT2D eigenvalue weighted by Gasteiger charge is 2.21. The molecule has 0 saturated heterocycles. The molecule has 0 aliphatic carbocycles. The number of nitrogens with zero attached hydrogens (tertiary/aromatic N) is 2. The molecule has 3 rings (SSSR count). The molecule has 2 aromatic rings. The first-order chi connectivity index (χ1) is 11.5. The van der Waals surface area contributed by atoms with Crippen LogP contribution in [0.15, 0.2) is 30.5 Å². The maximum atomic E-state index is 13.6. The summed E-state index contributed by atoms with van der Waals surface area (Å²) in [5.41, 5.74) is 3.09. The number of amides is 1. The van der Waals surface area contributed by atoms with E-state index in [0.29, 0.717) is 16.9 Å². The van der Waals surface area contributed by atoms with Gasteiger partial charge in [-0.2, -0.15) is 0 Å². The van der Waals surface area contributed by atoms with Gasteiger partial charge in [0.05, 0.1) is 0 Å². The number of pyridine rings is 1. The molecule has 1 aromatic carbocycles. The predicted octanol–water partition coefficient (Wildman–Crippen LogP) is 4.03. The molecule has 0 atom stereocenters. The maximum Gasteiger partial charge on any atom is 0.264 e. The summed E-state index contributed by atoms with van der Waals surface area (Å²) < 4.78 is 27.1. The lowest BCUT2D eigenvalue weighted by molar-refractivity contribution is -0.114. The van der Waals surface area contributed by atoms with Gasteiger partial charge in [0.25, 0.3) is 6.43 Å². The minimum Gasteiger partial charge on any atom is -0.374 e. The molecule has 1 aromatic heterocycles. The lowest BCUT2D eigenvalue weighted by atomic mass is 9.93. The molecular formula is C18H19F2N3O. The fraction of sp³-hybridized carbons (Fsp3) is 0.333. The van der Waals surface area contributed by atoms with Crippen molar-refractivity contribution in [3.05, 3.63) is 41.6 Å². The Morgan fingerprint density at radius 1 is 1.33 bits per heavy atom. The van der Waals surface area contributed by atoms with Crippen molar-refractivity contribution in [2.24, 2.45) is 0 Å². The van der Waals surface area contributed by atoms with Gasteiger partial charge in [0.1, 0.15) is 5.82 Å². The number of aryl methyl sites for hydroxylation is 1. The van der Waals surface area contributed by atoms with Crippen molar-refractivity contribution in [3.63, 3.8) is 0 Å². The van der Waals surface area contributed by atoms with Crippen molar-refractivity contribution in [3.8, 4) is 11.1 Å². The van der Waals surface area contributed by atoms with Crippen LogP contribution < -0.4 is 10.2 Å². The van der Waals surface area contributed by atoms with Crippen LogP contribution in [0.5, 0.6) is 0 Å². The van der Waals surface area contributed by atoms with Gasteiger partial charge in [-0.3, -0.25) is 4.79 Å². The highest BCUT2D eigenvalue weighted by molar-refractivity contribution is 5.87. The van der Waals surface area contributed by atoms with Gasteiger partial charge in [-0.15, -0.1) is 0 Å². The SMILES string of the molecule is CC(=O)Nc1ccc(-c2cc3c(cc2C(F)F)N(C)CCC3)cn1. The molecule has 0 radical (unpaired) electrons. The quantitative estimate of drug-likeness (QED) is 0.924. The number of anilines is 2. The zero-order valence-corrected chi connectivity index (χ0v) is 13.6. The van der Waals surface area contributed by atoms with Gasteiger partial charge in [-0.25, -0.2) is 13.8 Å². The second-order valence-corrected chi connectivity index (χ2v) is 6.01. The topological polar surface area (TPSA) is 45.2 Å². The lowest BCUT2D eigenvalue weighted by Gasteiger charge is -2.29. The molecular weight excluding hydrogens is 312 g/mol. The number of alkyl halides is 2. The third-order valence-corrected chi connectivity index (χ3v) is 4.22. The maximum absolute atomic E-state index is 13.6. The average Bonchev–Trinajstić information content (AvgIpc) is 2.54. The molecule has 1 amide bonds. The van der Waals surface area contributed by atoms with Gasteiger partial charge >= 0.3 is 0 Å². The summed E-state index contributed by atoms with van der Waals surface area (Å²) in [4.78, 5) is 17.2. The van der Waals surface area contributed by atoms with E-state index in [1.807, 2.05) is 18.0 Å². The molecule has 1 N–H and O–H groups in total. The van der Waals surface area contributed by atoms with E-state index >= 15 is 0 Å². The Morgan fingerprint density at radius 2 is 2.12 bits per heavy atom. The Bertz CT molecular complexity index is 760. The number of aromatic nitrogens is 1. The van der Waals surface area contributed by atoms with Gasteiger partial charge in [0.15, 0.2) is 0 Å². The highest BCUT2D eigenvalue weighted by atomic mass is 19.3. The number of rotatable bonds is 3. The van der Waals surface area contributed by atoms with Gasteiger partial charge in [-0.1, -0.05) is 0 Å². The molecule has 6 heteroatoms. The Hall–Kier alpha value is -2.50. The number of carbonyl (C=O) groups excluding carboxylic acids is 1. The molecule has 1 aliphatic heterocycles. The summed E-state index contributed by atoms with van der Waals surface area (Å²) >= 11 is 0. The normalized spacial score (nSPS) is 13.8. The summed E-state index contributed by atoms with van der Waals surface area (Å²) in [6.07, 6.45) is 0.853. The first-order valence-electron chi connectivity index (χ1n) is 7.86. The van der Waals surface area contributed by atoms with E-state index in [9.17, 15) is 13.6 Å². The number of carbonyl (C=O) groups is 1. The van der Waals surface area contributed by atoms with E-state index in [2.05, 4.69) is 10.3 Å². The van der Waals surface area contributed by atoms with Crippen LogP contribution in [0, 0.1) is 0 Å². The Morgan fingerprint density at radius 3 is 2.75 bits per heavy atom. The fourth-order valence-corrected chi connectivity index (χ4v) is 3.07. The summed E-state index contributed by atoms with van der Waals surface area (Å²) in [7, 11) is 1.93. The van der Waals surface area contributed by atoms with Crippen molar-refractivity contribution < 1.29 is 13.6 Å². The first kappa shape index (κ1) is 16.4. The first-order valence-corrected chi connectivity index (χ1v) is 7.86. The number of fused-ring (bicyclic) bond motifs is 1.